The largest absolute Gasteiger partial charge is 0.871 e. The van der Waals surface area contributed by atoms with Crippen molar-refractivity contribution < 1.29 is 24.0 Å². The molecule has 0 saturated heterocycles. The fraction of sp³-hybridized carbons (Fsp3) is 0.281. The Bertz CT molecular complexity index is 1580. The Labute approximate surface area is 223 Å². The summed E-state index contributed by atoms with van der Waals surface area (Å²) in [6.07, 6.45) is 3.47. The zero-order chi connectivity index (χ0) is 27.7. The summed E-state index contributed by atoms with van der Waals surface area (Å²) in [5, 5.41) is 13.3. The minimum atomic E-state index is -0.521. The van der Waals surface area contributed by atoms with Gasteiger partial charge in [0.1, 0.15) is 12.8 Å². The Hall–Kier alpha value is -4.19. The van der Waals surface area contributed by atoms with Crippen LogP contribution in [0.5, 0.6) is 5.75 Å². The lowest BCUT2D eigenvalue weighted by Gasteiger charge is -2.32. The monoisotopic (exact) mass is 508 g/mol. The third kappa shape index (κ3) is 3.58. The molecule has 2 aromatic carbocycles. The Morgan fingerprint density at radius 1 is 1.05 bits per heavy atom. The molecule has 0 spiro atoms. The average Bonchev–Trinajstić information content (AvgIpc) is 3.18. The standard InChI is InChI=1S/C32H32N2O4/c1-18(2)30(37)38-19-13-14-25-23(15-19)32(5,6)27(34(25)8)17-21-28(35)20(29(21)36)16-26-31(3,4)22-11-9-10-12-24(22)33(26)7/h9-17H,1H2,2-8H3. The molecule has 38 heavy (non-hydrogen) atoms. The fourth-order valence-electron chi connectivity index (χ4n) is 5.76. The van der Waals surface area contributed by atoms with Gasteiger partial charge < -0.3 is 14.7 Å². The molecule has 0 amide bonds. The van der Waals surface area contributed by atoms with Crippen molar-refractivity contribution in [2.45, 2.75) is 45.4 Å². The first-order chi connectivity index (χ1) is 17.8. The van der Waals surface area contributed by atoms with Gasteiger partial charge in [0.2, 0.25) is 5.69 Å². The number of hydrogen-bond acceptors (Lipinski definition) is 5. The van der Waals surface area contributed by atoms with Crippen LogP contribution in [0.4, 0.5) is 11.4 Å². The Morgan fingerprint density at radius 3 is 2.37 bits per heavy atom. The van der Waals surface area contributed by atoms with Crippen LogP contribution in [0.15, 0.2) is 89.4 Å². The predicted octanol–water partition coefficient (Wildman–Crippen LogP) is 4.61. The zero-order valence-corrected chi connectivity index (χ0v) is 22.9. The highest BCUT2D eigenvalue weighted by Crippen LogP contribution is 2.49. The van der Waals surface area contributed by atoms with Crippen LogP contribution in [0.2, 0.25) is 0 Å². The molecule has 3 aliphatic rings. The van der Waals surface area contributed by atoms with Crippen LogP contribution in [0.25, 0.3) is 0 Å². The van der Waals surface area contributed by atoms with E-state index >= 15 is 0 Å². The smallest absolute Gasteiger partial charge is 0.338 e. The SMILES string of the molecule is C=C(C)C(=O)Oc1ccc2c(c1)C(C)(C)C(=CC1=C([O-])C(=CC3=[N+](C)c4ccccc4C3(C)C)C1=O)N2C. The van der Waals surface area contributed by atoms with Crippen molar-refractivity contribution in [1.29, 1.82) is 0 Å². The molecule has 1 aliphatic carbocycles. The summed E-state index contributed by atoms with van der Waals surface area (Å²) >= 11 is 0. The van der Waals surface area contributed by atoms with E-state index in [1.807, 2.05) is 57.1 Å². The summed E-state index contributed by atoms with van der Waals surface area (Å²) in [7, 11) is 3.88. The molecule has 0 aromatic heterocycles. The van der Waals surface area contributed by atoms with E-state index in [0.29, 0.717) is 11.3 Å². The van der Waals surface area contributed by atoms with Crippen molar-refractivity contribution in [2.24, 2.45) is 0 Å². The lowest BCUT2D eigenvalue weighted by atomic mass is 9.77. The summed E-state index contributed by atoms with van der Waals surface area (Å²) in [6.45, 7) is 13.5. The molecular weight excluding hydrogens is 476 g/mol. The molecule has 2 aliphatic heterocycles. The van der Waals surface area contributed by atoms with Crippen LogP contribution in [0, 0.1) is 0 Å². The molecule has 0 atom stereocenters. The number of para-hydroxylation sites is 1. The van der Waals surface area contributed by atoms with Crippen molar-refractivity contribution in [3.8, 4) is 5.75 Å². The molecule has 5 rings (SSSR count). The van der Waals surface area contributed by atoms with E-state index in [-0.39, 0.29) is 28.1 Å². The average molecular weight is 509 g/mol. The Morgan fingerprint density at radius 2 is 1.74 bits per heavy atom. The highest BCUT2D eigenvalue weighted by atomic mass is 16.5. The van der Waals surface area contributed by atoms with Gasteiger partial charge in [-0.3, -0.25) is 4.79 Å². The number of rotatable bonds is 4. The second-order valence-corrected chi connectivity index (χ2v) is 11.3. The number of hydrogen-bond donors (Lipinski definition) is 0. The summed E-state index contributed by atoms with van der Waals surface area (Å²) in [5.74, 6) is -0.547. The van der Waals surface area contributed by atoms with Crippen molar-refractivity contribution in [3.05, 3.63) is 100 Å². The van der Waals surface area contributed by atoms with Gasteiger partial charge in [-0.15, -0.1) is 0 Å². The van der Waals surface area contributed by atoms with E-state index in [0.717, 1.165) is 28.3 Å². The maximum absolute atomic E-state index is 13.3. The summed E-state index contributed by atoms with van der Waals surface area (Å²) in [4.78, 5) is 27.3. The topological polar surface area (TPSA) is 72.7 Å². The second-order valence-electron chi connectivity index (χ2n) is 11.3. The van der Waals surface area contributed by atoms with Gasteiger partial charge in [0, 0.05) is 58.3 Å². The highest BCUT2D eigenvalue weighted by Gasteiger charge is 2.45. The van der Waals surface area contributed by atoms with Crippen LogP contribution >= 0.6 is 0 Å². The number of fused-ring (bicyclic) bond motifs is 2. The molecule has 0 saturated carbocycles. The first kappa shape index (κ1) is 25.5. The molecule has 194 valence electrons. The molecule has 0 unspecified atom stereocenters. The number of esters is 1. The van der Waals surface area contributed by atoms with E-state index in [1.54, 1.807) is 25.1 Å². The van der Waals surface area contributed by atoms with Gasteiger partial charge in [0.05, 0.1) is 5.41 Å². The second kappa shape index (κ2) is 8.42. The van der Waals surface area contributed by atoms with Gasteiger partial charge in [0.25, 0.3) is 0 Å². The van der Waals surface area contributed by atoms with Gasteiger partial charge in [-0.1, -0.05) is 44.4 Å². The van der Waals surface area contributed by atoms with Crippen LogP contribution < -0.4 is 14.7 Å². The van der Waals surface area contributed by atoms with E-state index in [1.165, 1.54) is 5.56 Å². The fourth-order valence-corrected chi connectivity index (χ4v) is 5.76. The number of benzene rings is 2. The van der Waals surface area contributed by atoms with Crippen molar-refractivity contribution in [1.82, 2.24) is 0 Å². The molecule has 6 heteroatoms. The summed E-state index contributed by atoms with van der Waals surface area (Å²) in [5.41, 5.74) is 5.73. The van der Waals surface area contributed by atoms with E-state index < -0.39 is 11.4 Å². The zero-order valence-electron chi connectivity index (χ0n) is 22.9. The van der Waals surface area contributed by atoms with Gasteiger partial charge in [-0.2, -0.15) is 4.58 Å². The molecule has 0 radical (unpaired) electrons. The Kier molecular flexibility index (Phi) is 5.64. The maximum atomic E-state index is 13.3. The number of ketones is 1. The molecule has 2 aromatic rings. The molecule has 0 fully saturated rings. The normalized spacial score (nSPS) is 21.1. The number of anilines is 1. The van der Waals surface area contributed by atoms with Gasteiger partial charge >= 0.3 is 5.97 Å². The van der Waals surface area contributed by atoms with E-state index in [4.69, 9.17) is 4.74 Å². The third-order valence-electron chi connectivity index (χ3n) is 8.04. The van der Waals surface area contributed by atoms with Crippen molar-refractivity contribution in [2.75, 3.05) is 19.0 Å². The molecular formula is C32H32N2O4. The molecule has 0 bridgehead atoms. The number of carbonyl (C=O) groups excluding carboxylic acids is 2. The minimum Gasteiger partial charge on any atom is -0.871 e. The predicted molar refractivity (Wildman–Crippen MR) is 147 cm³/mol. The van der Waals surface area contributed by atoms with Crippen LogP contribution in [0.3, 0.4) is 0 Å². The van der Waals surface area contributed by atoms with E-state index in [9.17, 15) is 14.7 Å². The van der Waals surface area contributed by atoms with Crippen molar-refractivity contribution >= 4 is 28.8 Å². The van der Waals surface area contributed by atoms with Crippen LogP contribution in [-0.2, 0) is 20.4 Å². The van der Waals surface area contributed by atoms with Crippen LogP contribution in [-0.4, -0.2) is 36.1 Å². The number of allylic oxidation sites excluding steroid dienone is 5. The lowest BCUT2D eigenvalue weighted by molar-refractivity contribution is -0.401. The molecule has 2 heterocycles. The molecule has 6 nitrogen and oxygen atoms in total. The Balaban J connectivity index is 1.50. The lowest BCUT2D eigenvalue weighted by Crippen LogP contribution is -2.34. The van der Waals surface area contributed by atoms with Gasteiger partial charge in [0.15, 0.2) is 11.5 Å². The summed E-state index contributed by atoms with van der Waals surface area (Å²) < 4.78 is 7.49. The first-order valence-corrected chi connectivity index (χ1v) is 12.6. The number of nitrogens with zero attached hydrogens (tertiary/aromatic N) is 2. The highest BCUT2D eigenvalue weighted by molar-refractivity contribution is 6.24. The van der Waals surface area contributed by atoms with Gasteiger partial charge in [-0.25, -0.2) is 4.79 Å². The van der Waals surface area contributed by atoms with Crippen molar-refractivity contribution in [3.63, 3.8) is 0 Å². The van der Waals surface area contributed by atoms with Crippen LogP contribution in [0.1, 0.15) is 45.7 Å². The minimum absolute atomic E-state index is 0.185. The third-order valence-corrected chi connectivity index (χ3v) is 8.04. The maximum Gasteiger partial charge on any atom is 0.338 e. The number of likely N-dealkylation sites (N-methyl/N-ethyl adjacent to an activating group) is 1. The van der Waals surface area contributed by atoms with Gasteiger partial charge in [-0.05, 0) is 50.6 Å². The quantitative estimate of drug-likeness (QED) is 0.261. The van der Waals surface area contributed by atoms with E-state index in [2.05, 4.69) is 37.1 Å². The number of ether oxygens (including phenoxy) is 1. The summed E-state index contributed by atoms with van der Waals surface area (Å²) in [6, 6.07) is 13.6. The molecule has 0 N–H and O–H groups in total. The number of Topliss-reactive ketones (excluding diaryl/α,β-unsaturated/α-hetero) is 1. The number of carbonyl (C=O) groups is 2. The first-order valence-electron chi connectivity index (χ1n) is 12.6.